The van der Waals surface area contributed by atoms with Gasteiger partial charge in [-0.3, -0.25) is 0 Å². The molecule has 0 unspecified atom stereocenters. The van der Waals surface area contributed by atoms with E-state index < -0.39 is 0 Å². The predicted molar refractivity (Wildman–Crippen MR) is 70.1 cm³/mol. The van der Waals surface area contributed by atoms with Crippen LogP contribution in [-0.4, -0.2) is 11.3 Å². The highest BCUT2D eigenvalue weighted by molar-refractivity contribution is 6.30. The molecule has 0 aliphatic carbocycles. The number of rotatable bonds is 5. The zero-order chi connectivity index (χ0) is 12.8. The summed E-state index contributed by atoms with van der Waals surface area (Å²) in [5.41, 5.74) is 1.11. The number of pyridine rings is 1. The summed E-state index contributed by atoms with van der Waals surface area (Å²) in [6.45, 7) is 0. The second-order valence-electron chi connectivity index (χ2n) is 3.77. The van der Waals surface area contributed by atoms with E-state index in [9.17, 15) is 4.79 Å². The van der Waals surface area contributed by atoms with Crippen molar-refractivity contribution in [3.8, 4) is 11.6 Å². The van der Waals surface area contributed by atoms with E-state index in [1.54, 1.807) is 12.1 Å². The van der Waals surface area contributed by atoms with E-state index in [1.807, 2.05) is 24.3 Å². The number of nitrogens with zero attached hydrogens (tertiary/aromatic N) is 1. The summed E-state index contributed by atoms with van der Waals surface area (Å²) in [4.78, 5) is 14.3. The van der Waals surface area contributed by atoms with E-state index in [-0.39, 0.29) is 0 Å². The van der Waals surface area contributed by atoms with Gasteiger partial charge in [-0.2, -0.15) is 0 Å². The Hall–Kier alpha value is -1.87. The lowest BCUT2D eigenvalue weighted by Gasteiger charge is -2.05. The summed E-state index contributed by atoms with van der Waals surface area (Å²) in [6, 6.07) is 11.0. The topological polar surface area (TPSA) is 39.2 Å². The number of aldehydes is 1. The highest BCUT2D eigenvalue weighted by atomic mass is 35.5. The molecule has 1 aromatic heterocycles. The standard InChI is InChI=1S/C14H12ClNO2/c15-12-5-8-14(16-10-12)18-13-6-3-11(4-7-13)2-1-9-17/h3-10H,1-2H2. The van der Waals surface area contributed by atoms with Crippen LogP contribution in [0.5, 0.6) is 11.6 Å². The minimum atomic E-state index is 0.500. The highest BCUT2D eigenvalue weighted by Crippen LogP contribution is 2.21. The Bertz CT molecular complexity index is 508. The van der Waals surface area contributed by atoms with Crippen molar-refractivity contribution >= 4 is 17.9 Å². The second kappa shape index (κ2) is 6.17. The minimum absolute atomic E-state index is 0.500. The van der Waals surface area contributed by atoms with E-state index in [0.29, 0.717) is 23.1 Å². The molecule has 0 saturated heterocycles. The van der Waals surface area contributed by atoms with Gasteiger partial charge in [0.15, 0.2) is 0 Å². The predicted octanol–water partition coefficient (Wildman–Crippen LogP) is 3.66. The van der Waals surface area contributed by atoms with Crippen LogP contribution < -0.4 is 4.74 Å². The molecule has 0 fully saturated rings. The van der Waals surface area contributed by atoms with Crippen molar-refractivity contribution in [2.75, 3.05) is 0 Å². The number of hydrogen-bond donors (Lipinski definition) is 0. The minimum Gasteiger partial charge on any atom is -0.439 e. The molecule has 1 aromatic carbocycles. The molecule has 0 spiro atoms. The number of hydrogen-bond acceptors (Lipinski definition) is 3. The molecule has 0 aliphatic rings. The highest BCUT2D eigenvalue weighted by Gasteiger charge is 1.99. The maximum Gasteiger partial charge on any atom is 0.219 e. The van der Waals surface area contributed by atoms with Gasteiger partial charge in [-0.1, -0.05) is 23.7 Å². The number of aryl methyl sites for hydroxylation is 1. The lowest BCUT2D eigenvalue weighted by atomic mass is 10.1. The molecule has 0 saturated carbocycles. The molecule has 0 radical (unpaired) electrons. The van der Waals surface area contributed by atoms with Crippen molar-refractivity contribution in [2.24, 2.45) is 0 Å². The van der Waals surface area contributed by atoms with Gasteiger partial charge in [0.05, 0.1) is 5.02 Å². The fourth-order valence-corrected chi connectivity index (χ4v) is 1.60. The number of halogens is 1. The first kappa shape index (κ1) is 12.6. The van der Waals surface area contributed by atoms with Crippen LogP contribution in [0.25, 0.3) is 0 Å². The summed E-state index contributed by atoms with van der Waals surface area (Å²) >= 11 is 5.74. The maximum absolute atomic E-state index is 10.3. The van der Waals surface area contributed by atoms with Crippen LogP contribution in [-0.2, 0) is 11.2 Å². The molecule has 2 aromatic rings. The first-order valence-electron chi connectivity index (χ1n) is 5.60. The molecular weight excluding hydrogens is 250 g/mol. The van der Waals surface area contributed by atoms with Gasteiger partial charge < -0.3 is 9.53 Å². The van der Waals surface area contributed by atoms with Gasteiger partial charge in [0.2, 0.25) is 5.88 Å². The lowest BCUT2D eigenvalue weighted by molar-refractivity contribution is -0.107. The molecule has 4 heteroatoms. The van der Waals surface area contributed by atoms with E-state index >= 15 is 0 Å². The van der Waals surface area contributed by atoms with Gasteiger partial charge >= 0.3 is 0 Å². The Morgan fingerprint density at radius 3 is 2.56 bits per heavy atom. The smallest absolute Gasteiger partial charge is 0.219 e. The van der Waals surface area contributed by atoms with Crippen LogP contribution in [0.1, 0.15) is 12.0 Å². The number of carbonyl (C=O) groups is 1. The monoisotopic (exact) mass is 261 g/mol. The van der Waals surface area contributed by atoms with E-state index in [0.717, 1.165) is 18.3 Å². The van der Waals surface area contributed by atoms with Crippen LogP contribution >= 0.6 is 11.6 Å². The molecule has 2 rings (SSSR count). The first-order chi connectivity index (χ1) is 8.78. The number of ether oxygens (including phenoxy) is 1. The fourth-order valence-electron chi connectivity index (χ4n) is 1.49. The Kier molecular flexibility index (Phi) is 4.31. The van der Waals surface area contributed by atoms with Crippen molar-refractivity contribution in [1.29, 1.82) is 0 Å². The Balaban J connectivity index is 2.01. The van der Waals surface area contributed by atoms with E-state index in [4.69, 9.17) is 16.3 Å². The van der Waals surface area contributed by atoms with Crippen molar-refractivity contribution in [3.63, 3.8) is 0 Å². The van der Waals surface area contributed by atoms with Crippen molar-refractivity contribution in [2.45, 2.75) is 12.8 Å². The molecule has 0 bridgehead atoms. The summed E-state index contributed by atoms with van der Waals surface area (Å²) in [5.74, 6) is 1.21. The van der Waals surface area contributed by atoms with Crippen LogP contribution in [0.15, 0.2) is 42.6 Å². The quantitative estimate of drug-likeness (QED) is 0.771. The van der Waals surface area contributed by atoms with Gasteiger partial charge in [-0.25, -0.2) is 4.98 Å². The van der Waals surface area contributed by atoms with Gasteiger partial charge in [0.1, 0.15) is 12.0 Å². The van der Waals surface area contributed by atoms with Gasteiger partial charge in [0.25, 0.3) is 0 Å². The average molecular weight is 262 g/mol. The van der Waals surface area contributed by atoms with Crippen LogP contribution in [0.4, 0.5) is 0 Å². The third kappa shape index (κ3) is 3.57. The van der Waals surface area contributed by atoms with Gasteiger partial charge in [-0.05, 0) is 30.2 Å². The molecule has 0 N–H and O–H groups in total. The largest absolute Gasteiger partial charge is 0.439 e. The van der Waals surface area contributed by atoms with E-state index in [2.05, 4.69) is 4.98 Å². The third-order valence-corrected chi connectivity index (χ3v) is 2.62. The van der Waals surface area contributed by atoms with Gasteiger partial charge in [-0.15, -0.1) is 0 Å². The van der Waals surface area contributed by atoms with Crippen LogP contribution in [0, 0.1) is 0 Å². The number of aromatic nitrogens is 1. The van der Waals surface area contributed by atoms with Crippen LogP contribution in [0.3, 0.4) is 0 Å². The molecule has 1 heterocycles. The van der Waals surface area contributed by atoms with Crippen molar-refractivity contribution < 1.29 is 9.53 Å². The molecule has 18 heavy (non-hydrogen) atoms. The lowest BCUT2D eigenvalue weighted by Crippen LogP contribution is -1.89. The zero-order valence-corrected chi connectivity index (χ0v) is 10.4. The number of benzene rings is 1. The van der Waals surface area contributed by atoms with Gasteiger partial charge in [0, 0.05) is 18.7 Å². The molecule has 3 nitrogen and oxygen atoms in total. The first-order valence-corrected chi connectivity index (χ1v) is 5.98. The summed E-state index contributed by atoms with van der Waals surface area (Å²) in [7, 11) is 0. The normalized spacial score (nSPS) is 10.1. The Morgan fingerprint density at radius 2 is 1.94 bits per heavy atom. The molecule has 92 valence electrons. The molecule has 0 aliphatic heterocycles. The third-order valence-electron chi connectivity index (χ3n) is 2.40. The van der Waals surface area contributed by atoms with Crippen LogP contribution in [0.2, 0.25) is 5.02 Å². The SMILES string of the molecule is O=CCCc1ccc(Oc2ccc(Cl)cn2)cc1. The number of carbonyl (C=O) groups excluding carboxylic acids is 1. The summed E-state index contributed by atoms with van der Waals surface area (Å²) in [5, 5.41) is 0.576. The molecule has 0 atom stereocenters. The van der Waals surface area contributed by atoms with E-state index in [1.165, 1.54) is 6.20 Å². The Labute approximate surface area is 110 Å². The van der Waals surface area contributed by atoms with Crippen molar-refractivity contribution in [1.82, 2.24) is 4.98 Å². The Morgan fingerprint density at radius 1 is 1.17 bits per heavy atom. The molecule has 0 amide bonds. The summed E-state index contributed by atoms with van der Waals surface area (Å²) in [6.07, 6.45) is 3.75. The second-order valence-corrected chi connectivity index (χ2v) is 4.20. The fraction of sp³-hybridized carbons (Fsp3) is 0.143. The molecular formula is C14H12ClNO2. The van der Waals surface area contributed by atoms with Crippen molar-refractivity contribution in [3.05, 3.63) is 53.2 Å². The summed E-state index contributed by atoms with van der Waals surface area (Å²) < 4.78 is 5.55. The zero-order valence-electron chi connectivity index (χ0n) is 9.67. The maximum atomic E-state index is 10.3. The average Bonchev–Trinajstić information content (AvgIpc) is 2.41.